The number of unbranched alkanes of at least 4 members (excludes halogenated alkanes) is 4. The van der Waals surface area contributed by atoms with Crippen molar-refractivity contribution >= 4 is 27.0 Å². The minimum Gasteiger partial charge on any atom is -0.306 e. The van der Waals surface area contributed by atoms with Crippen LogP contribution in [0.3, 0.4) is 0 Å². The lowest BCUT2D eigenvalue weighted by Crippen LogP contribution is -2.40. The van der Waals surface area contributed by atoms with Crippen molar-refractivity contribution < 1.29 is 13.2 Å². The molecule has 0 radical (unpaired) electrons. The summed E-state index contributed by atoms with van der Waals surface area (Å²) in [7, 11) is -3.58. The quantitative estimate of drug-likeness (QED) is 0.485. The van der Waals surface area contributed by atoms with Crippen LogP contribution in [-0.4, -0.2) is 28.6 Å². The molecule has 4 rings (SSSR count). The number of nitrogens with zero attached hydrogens (tertiary/aromatic N) is 1. The first kappa shape index (κ1) is 22.1. The topological polar surface area (TPSA) is 101 Å². The smallest absolute Gasteiger partial charge is 0.306 e. The van der Waals surface area contributed by atoms with Crippen LogP contribution < -0.4 is 10.4 Å². The van der Waals surface area contributed by atoms with E-state index in [1.165, 1.54) is 0 Å². The van der Waals surface area contributed by atoms with Gasteiger partial charge in [-0.05, 0) is 50.2 Å². The van der Waals surface area contributed by atoms with Crippen LogP contribution in [0.2, 0.25) is 0 Å². The number of carbonyl (C=O) groups is 1. The van der Waals surface area contributed by atoms with Gasteiger partial charge in [-0.2, -0.15) is 0 Å². The van der Waals surface area contributed by atoms with Gasteiger partial charge in [-0.15, -0.1) is 0 Å². The highest BCUT2D eigenvalue weighted by Crippen LogP contribution is 2.48. The molecular weight excluding hydrogens is 414 g/mol. The fourth-order valence-electron chi connectivity index (χ4n) is 4.70. The molecule has 8 heteroatoms. The van der Waals surface area contributed by atoms with E-state index in [1.807, 2.05) is 31.2 Å². The molecule has 2 unspecified atom stereocenters. The largest absolute Gasteiger partial charge is 0.326 e. The Morgan fingerprint density at radius 3 is 2.58 bits per heavy atom. The van der Waals surface area contributed by atoms with Crippen molar-refractivity contribution in [2.45, 2.75) is 82.4 Å². The number of nitrogens with one attached hydrogen (secondary N) is 2. The molecule has 2 atom stereocenters. The van der Waals surface area contributed by atoms with Gasteiger partial charge in [0.25, 0.3) is 0 Å². The number of amides is 1. The number of benzene rings is 1. The number of H-pyrrole nitrogens is 1. The van der Waals surface area contributed by atoms with Gasteiger partial charge >= 0.3 is 5.69 Å². The van der Waals surface area contributed by atoms with E-state index in [1.54, 1.807) is 4.57 Å². The Bertz CT molecular complexity index is 1100. The zero-order valence-corrected chi connectivity index (χ0v) is 19.0. The summed E-state index contributed by atoms with van der Waals surface area (Å²) >= 11 is 0. The predicted octanol–water partition coefficient (Wildman–Crippen LogP) is 3.69. The number of aromatic nitrogens is 2. The number of imidazole rings is 1. The standard InChI is InChI=1S/C23H33N3O4S/c1-2-17-16-18(17)21(27)25-31(29,30)23(13-14-23)12-8-4-3-5-9-15-26-20-11-7-6-10-19(20)24-22(26)28/h6-7,10-11,17-18H,2-5,8-9,12-16H2,1H3,(H,24,28)(H,25,27). The van der Waals surface area contributed by atoms with Crippen molar-refractivity contribution in [3.63, 3.8) is 0 Å². The third kappa shape index (κ3) is 4.73. The molecule has 2 N–H and O–H groups in total. The van der Waals surface area contributed by atoms with Crippen molar-refractivity contribution in [2.75, 3.05) is 0 Å². The summed E-state index contributed by atoms with van der Waals surface area (Å²) in [4.78, 5) is 27.2. The molecule has 0 saturated heterocycles. The number of aromatic amines is 1. The van der Waals surface area contributed by atoms with Crippen LogP contribution in [0.25, 0.3) is 11.0 Å². The summed E-state index contributed by atoms with van der Waals surface area (Å²) in [6.07, 6.45) is 8.43. The molecule has 1 heterocycles. The molecule has 31 heavy (non-hydrogen) atoms. The van der Waals surface area contributed by atoms with Gasteiger partial charge in [0.1, 0.15) is 0 Å². The molecule has 2 saturated carbocycles. The van der Waals surface area contributed by atoms with Gasteiger partial charge in [0, 0.05) is 12.5 Å². The van der Waals surface area contributed by atoms with Crippen LogP contribution in [0.1, 0.15) is 71.1 Å². The average Bonchev–Trinajstić information content (AvgIpc) is 3.64. The number of rotatable bonds is 12. The molecular formula is C23H33N3O4S. The zero-order chi connectivity index (χ0) is 22.1. The molecule has 2 aliphatic rings. The lowest BCUT2D eigenvalue weighted by atomic mass is 10.1. The maximum absolute atomic E-state index is 12.7. The second kappa shape index (κ2) is 8.81. The molecule has 2 aromatic rings. The second-order valence-electron chi connectivity index (χ2n) is 9.28. The molecule has 170 valence electrons. The fourth-order valence-corrected chi connectivity index (χ4v) is 6.39. The molecule has 7 nitrogen and oxygen atoms in total. The molecule has 1 aromatic carbocycles. The number of sulfonamides is 1. The third-order valence-electron chi connectivity index (χ3n) is 7.09. The monoisotopic (exact) mass is 447 g/mol. The first-order valence-electron chi connectivity index (χ1n) is 11.6. The summed E-state index contributed by atoms with van der Waals surface area (Å²) in [6, 6.07) is 7.70. The van der Waals surface area contributed by atoms with Crippen LogP contribution in [0.4, 0.5) is 0 Å². The van der Waals surface area contributed by atoms with E-state index in [9.17, 15) is 18.0 Å². The Morgan fingerprint density at radius 2 is 1.87 bits per heavy atom. The van der Waals surface area contributed by atoms with Gasteiger partial charge in [-0.1, -0.05) is 51.2 Å². The Kier molecular flexibility index (Phi) is 6.28. The summed E-state index contributed by atoms with van der Waals surface area (Å²) < 4.78 is 28.9. The minimum atomic E-state index is -3.58. The van der Waals surface area contributed by atoms with E-state index in [4.69, 9.17) is 0 Å². The lowest BCUT2D eigenvalue weighted by Gasteiger charge is -2.17. The fraction of sp³-hybridized carbons (Fsp3) is 0.652. The van der Waals surface area contributed by atoms with E-state index in [0.29, 0.717) is 31.7 Å². The van der Waals surface area contributed by atoms with Gasteiger partial charge in [-0.3, -0.25) is 14.1 Å². The maximum atomic E-state index is 12.7. The summed E-state index contributed by atoms with van der Waals surface area (Å²) in [6.45, 7) is 2.72. The minimum absolute atomic E-state index is 0.0689. The number of fused-ring (bicyclic) bond motifs is 1. The predicted molar refractivity (Wildman–Crippen MR) is 121 cm³/mol. The van der Waals surface area contributed by atoms with E-state index >= 15 is 0 Å². The van der Waals surface area contributed by atoms with Crippen molar-refractivity contribution in [1.29, 1.82) is 0 Å². The molecule has 1 aromatic heterocycles. The van der Waals surface area contributed by atoms with Gasteiger partial charge in [-0.25, -0.2) is 13.2 Å². The van der Waals surface area contributed by atoms with Crippen LogP contribution in [0.15, 0.2) is 29.1 Å². The zero-order valence-electron chi connectivity index (χ0n) is 18.2. The summed E-state index contributed by atoms with van der Waals surface area (Å²) in [5.74, 6) is -0.0589. The normalized spacial score (nSPS) is 21.8. The van der Waals surface area contributed by atoms with E-state index < -0.39 is 14.8 Å². The third-order valence-corrected chi connectivity index (χ3v) is 9.31. The van der Waals surface area contributed by atoms with Crippen LogP contribution in [-0.2, 0) is 21.4 Å². The van der Waals surface area contributed by atoms with E-state index in [0.717, 1.165) is 56.0 Å². The Morgan fingerprint density at radius 1 is 1.16 bits per heavy atom. The molecule has 0 spiro atoms. The molecule has 0 bridgehead atoms. The molecule has 0 aliphatic heterocycles. The van der Waals surface area contributed by atoms with Gasteiger partial charge in [0.15, 0.2) is 0 Å². The van der Waals surface area contributed by atoms with Crippen molar-refractivity contribution in [2.24, 2.45) is 11.8 Å². The highest BCUT2D eigenvalue weighted by molar-refractivity contribution is 7.91. The van der Waals surface area contributed by atoms with Crippen LogP contribution in [0, 0.1) is 11.8 Å². The van der Waals surface area contributed by atoms with Crippen molar-refractivity contribution in [3.8, 4) is 0 Å². The first-order chi connectivity index (χ1) is 14.9. The highest BCUT2D eigenvalue weighted by Gasteiger charge is 2.55. The van der Waals surface area contributed by atoms with Crippen LogP contribution >= 0.6 is 0 Å². The van der Waals surface area contributed by atoms with Crippen molar-refractivity contribution in [3.05, 3.63) is 34.7 Å². The lowest BCUT2D eigenvalue weighted by molar-refractivity contribution is -0.120. The average molecular weight is 448 g/mol. The Balaban J connectivity index is 1.16. The Hall–Kier alpha value is -2.09. The van der Waals surface area contributed by atoms with Gasteiger partial charge in [0.2, 0.25) is 15.9 Å². The first-order valence-corrected chi connectivity index (χ1v) is 13.1. The maximum Gasteiger partial charge on any atom is 0.326 e. The van der Waals surface area contributed by atoms with E-state index in [2.05, 4.69) is 9.71 Å². The molecule has 2 fully saturated rings. The summed E-state index contributed by atoms with van der Waals surface area (Å²) in [5.41, 5.74) is 1.73. The number of hydrogen-bond donors (Lipinski definition) is 2. The van der Waals surface area contributed by atoms with Gasteiger partial charge < -0.3 is 4.98 Å². The van der Waals surface area contributed by atoms with Crippen molar-refractivity contribution in [1.82, 2.24) is 14.3 Å². The van der Waals surface area contributed by atoms with Gasteiger partial charge in [0.05, 0.1) is 15.8 Å². The SMILES string of the molecule is CCC1CC1C(=O)NS(=O)(=O)C1(CCCCCCCn2c(=O)[nH]c3ccccc32)CC1. The number of aryl methyl sites for hydroxylation is 1. The van der Waals surface area contributed by atoms with E-state index in [-0.39, 0.29) is 17.5 Å². The number of hydrogen-bond acceptors (Lipinski definition) is 4. The highest BCUT2D eigenvalue weighted by atomic mass is 32.2. The Labute approximate surface area is 183 Å². The number of carbonyl (C=O) groups excluding carboxylic acids is 1. The van der Waals surface area contributed by atoms with Crippen LogP contribution in [0.5, 0.6) is 0 Å². The summed E-state index contributed by atoms with van der Waals surface area (Å²) in [5, 5.41) is 0. The molecule has 1 amide bonds. The number of para-hydroxylation sites is 2. The molecule has 2 aliphatic carbocycles. The second-order valence-corrected chi connectivity index (χ2v) is 11.4.